The van der Waals surface area contributed by atoms with Crippen LogP contribution < -0.4 is 5.32 Å². The van der Waals surface area contributed by atoms with E-state index in [2.05, 4.69) is 17.2 Å². The second-order valence-electron chi connectivity index (χ2n) is 5.19. The molecule has 3 nitrogen and oxygen atoms in total. The molecule has 0 bridgehead atoms. The number of rotatable bonds is 4. The third-order valence-corrected chi connectivity index (χ3v) is 3.29. The third kappa shape index (κ3) is 5.66. The minimum Gasteiger partial charge on any atom is -0.380 e. The second kappa shape index (κ2) is 8.36. The predicted molar refractivity (Wildman–Crippen MR) is 87.8 cm³/mol. The zero-order chi connectivity index (χ0) is 18.3. The molecule has 6 heteroatoms. The summed E-state index contributed by atoms with van der Waals surface area (Å²) < 4.78 is 42.8. The van der Waals surface area contributed by atoms with Crippen molar-refractivity contribution in [3.8, 4) is 11.8 Å². The van der Waals surface area contributed by atoms with E-state index in [4.69, 9.17) is 4.74 Å². The highest BCUT2D eigenvalue weighted by atomic mass is 19.4. The average molecular weight is 347 g/mol. The summed E-state index contributed by atoms with van der Waals surface area (Å²) in [5.41, 5.74) is 0.914. The van der Waals surface area contributed by atoms with Crippen LogP contribution in [0.25, 0.3) is 0 Å². The molecule has 25 heavy (non-hydrogen) atoms. The van der Waals surface area contributed by atoms with Crippen LogP contribution in [-0.4, -0.2) is 19.6 Å². The van der Waals surface area contributed by atoms with Crippen molar-refractivity contribution in [2.75, 3.05) is 13.7 Å². The van der Waals surface area contributed by atoms with E-state index in [-0.39, 0.29) is 18.0 Å². The Balaban J connectivity index is 1.93. The number of nitrogens with one attached hydrogen (secondary N) is 1. The fraction of sp³-hybridized carbons (Fsp3) is 0.211. The molecule has 0 aromatic heterocycles. The van der Waals surface area contributed by atoms with Gasteiger partial charge in [-0.3, -0.25) is 4.79 Å². The van der Waals surface area contributed by atoms with Crippen LogP contribution in [0.15, 0.2) is 48.5 Å². The van der Waals surface area contributed by atoms with Gasteiger partial charge in [-0.2, -0.15) is 13.2 Å². The summed E-state index contributed by atoms with van der Waals surface area (Å²) in [6.07, 6.45) is -4.40. The van der Waals surface area contributed by atoms with Crippen molar-refractivity contribution >= 4 is 5.91 Å². The lowest BCUT2D eigenvalue weighted by Gasteiger charge is -2.05. The fourth-order valence-corrected chi connectivity index (χ4v) is 2.07. The number of hydrogen-bond donors (Lipinski definition) is 1. The molecule has 0 aliphatic rings. The molecular formula is C19H16F3NO2. The molecule has 0 atom stereocenters. The Bertz CT molecular complexity index is 787. The summed E-state index contributed by atoms with van der Waals surface area (Å²) in [5.74, 6) is 4.95. The summed E-state index contributed by atoms with van der Waals surface area (Å²) >= 11 is 0. The molecule has 0 saturated heterocycles. The molecule has 0 heterocycles. The van der Waals surface area contributed by atoms with E-state index < -0.39 is 11.7 Å². The highest BCUT2D eigenvalue weighted by Gasteiger charge is 2.30. The van der Waals surface area contributed by atoms with Crippen molar-refractivity contribution in [1.29, 1.82) is 0 Å². The molecule has 0 aliphatic carbocycles. The topological polar surface area (TPSA) is 38.3 Å². The molecule has 0 radical (unpaired) electrons. The highest BCUT2D eigenvalue weighted by Crippen LogP contribution is 2.29. The molecule has 0 aliphatic heterocycles. The smallest absolute Gasteiger partial charge is 0.380 e. The van der Waals surface area contributed by atoms with Gasteiger partial charge in [0.1, 0.15) is 0 Å². The Morgan fingerprint density at radius 2 is 1.88 bits per heavy atom. The first-order chi connectivity index (χ1) is 11.9. The Hall–Kier alpha value is -2.78. The van der Waals surface area contributed by atoms with Crippen LogP contribution in [0, 0.1) is 11.8 Å². The fourth-order valence-electron chi connectivity index (χ4n) is 2.07. The summed E-state index contributed by atoms with van der Waals surface area (Å²) in [6.45, 7) is 0.499. The molecule has 2 aromatic carbocycles. The Kier molecular flexibility index (Phi) is 6.20. The number of ether oxygens (including phenoxy) is 1. The lowest BCUT2D eigenvalue weighted by molar-refractivity contribution is -0.137. The van der Waals surface area contributed by atoms with Crippen molar-refractivity contribution in [3.63, 3.8) is 0 Å². The molecular weight excluding hydrogens is 331 g/mol. The zero-order valence-electron chi connectivity index (χ0n) is 13.5. The van der Waals surface area contributed by atoms with Crippen molar-refractivity contribution in [2.45, 2.75) is 12.8 Å². The highest BCUT2D eigenvalue weighted by molar-refractivity contribution is 5.94. The van der Waals surface area contributed by atoms with Gasteiger partial charge in [0.15, 0.2) is 0 Å². The summed E-state index contributed by atoms with van der Waals surface area (Å²) in [6, 6.07) is 11.7. The van der Waals surface area contributed by atoms with Crippen LogP contribution in [0.5, 0.6) is 0 Å². The van der Waals surface area contributed by atoms with Crippen LogP contribution in [0.1, 0.15) is 27.0 Å². The van der Waals surface area contributed by atoms with Crippen LogP contribution in [0.4, 0.5) is 13.2 Å². The maximum atomic E-state index is 12.6. The number of hydrogen-bond acceptors (Lipinski definition) is 2. The van der Waals surface area contributed by atoms with E-state index in [1.54, 1.807) is 31.4 Å². The van der Waals surface area contributed by atoms with Gasteiger partial charge in [0.25, 0.3) is 5.91 Å². The average Bonchev–Trinajstić information content (AvgIpc) is 2.59. The van der Waals surface area contributed by atoms with E-state index in [1.807, 2.05) is 0 Å². The van der Waals surface area contributed by atoms with Crippen LogP contribution in [0.3, 0.4) is 0 Å². The number of alkyl halides is 3. The van der Waals surface area contributed by atoms with Gasteiger partial charge in [-0.05, 0) is 35.9 Å². The van der Waals surface area contributed by atoms with Gasteiger partial charge in [-0.15, -0.1) is 0 Å². The van der Waals surface area contributed by atoms with E-state index in [9.17, 15) is 18.0 Å². The number of carbonyl (C=O) groups is 1. The first-order valence-electron chi connectivity index (χ1n) is 7.42. The van der Waals surface area contributed by atoms with Gasteiger partial charge in [0.05, 0.1) is 18.7 Å². The molecule has 2 aromatic rings. The normalized spacial score (nSPS) is 10.7. The van der Waals surface area contributed by atoms with Crippen molar-refractivity contribution in [1.82, 2.24) is 5.32 Å². The third-order valence-electron chi connectivity index (χ3n) is 3.29. The molecule has 2 rings (SSSR count). The number of halogens is 3. The van der Waals surface area contributed by atoms with Gasteiger partial charge >= 0.3 is 6.18 Å². The molecule has 0 fully saturated rings. The number of carbonyl (C=O) groups excluding carboxylic acids is 1. The minimum absolute atomic E-state index is 0.0366. The number of benzene rings is 2. The van der Waals surface area contributed by atoms with Crippen molar-refractivity contribution in [3.05, 3.63) is 70.8 Å². The standard InChI is InChI=1S/C19H16F3NO2/c1-25-13-15-7-9-16(10-8-15)18(24)23-11-3-5-14-4-2-6-17(12-14)19(20,21)22/h2,4,6-10,12H,11,13H2,1H3,(H,23,24). The number of amides is 1. The van der Waals surface area contributed by atoms with Crippen LogP contribution in [-0.2, 0) is 17.5 Å². The Morgan fingerprint density at radius 1 is 1.16 bits per heavy atom. The quantitative estimate of drug-likeness (QED) is 0.858. The van der Waals surface area contributed by atoms with Gasteiger partial charge in [-0.25, -0.2) is 0 Å². The first-order valence-corrected chi connectivity index (χ1v) is 7.42. The van der Waals surface area contributed by atoms with Crippen molar-refractivity contribution < 1.29 is 22.7 Å². The molecule has 0 saturated carbocycles. The molecule has 0 spiro atoms. The lowest BCUT2D eigenvalue weighted by Crippen LogP contribution is -2.23. The second-order valence-corrected chi connectivity index (χ2v) is 5.19. The van der Waals surface area contributed by atoms with E-state index in [0.29, 0.717) is 12.2 Å². The Morgan fingerprint density at radius 3 is 2.52 bits per heavy atom. The van der Waals surface area contributed by atoms with Crippen molar-refractivity contribution in [2.24, 2.45) is 0 Å². The lowest BCUT2D eigenvalue weighted by atomic mass is 10.1. The van der Waals surface area contributed by atoms with Gasteiger partial charge in [0.2, 0.25) is 0 Å². The Labute approximate surface area is 143 Å². The summed E-state index contributed by atoms with van der Waals surface area (Å²) in [5, 5.41) is 2.60. The zero-order valence-corrected chi connectivity index (χ0v) is 13.5. The molecule has 130 valence electrons. The molecule has 1 amide bonds. The number of methoxy groups -OCH3 is 1. The maximum Gasteiger partial charge on any atom is 0.416 e. The summed E-state index contributed by atoms with van der Waals surface area (Å²) in [7, 11) is 1.59. The predicted octanol–water partition coefficient (Wildman–Crippen LogP) is 3.63. The van der Waals surface area contributed by atoms with E-state index in [0.717, 1.165) is 17.7 Å². The first kappa shape index (κ1) is 18.6. The minimum atomic E-state index is -4.40. The van der Waals surface area contributed by atoms with E-state index in [1.165, 1.54) is 12.1 Å². The van der Waals surface area contributed by atoms with Crippen LogP contribution >= 0.6 is 0 Å². The van der Waals surface area contributed by atoms with Gasteiger partial charge in [-0.1, -0.05) is 30.0 Å². The molecule has 1 N–H and O–H groups in total. The van der Waals surface area contributed by atoms with Crippen LogP contribution in [0.2, 0.25) is 0 Å². The van der Waals surface area contributed by atoms with Gasteiger partial charge in [0, 0.05) is 18.2 Å². The van der Waals surface area contributed by atoms with Gasteiger partial charge < -0.3 is 10.1 Å². The van der Waals surface area contributed by atoms with E-state index >= 15 is 0 Å². The largest absolute Gasteiger partial charge is 0.416 e. The maximum absolute atomic E-state index is 12.6. The molecule has 0 unspecified atom stereocenters. The SMILES string of the molecule is COCc1ccc(C(=O)NCC#Cc2cccc(C(F)(F)F)c2)cc1. The monoisotopic (exact) mass is 347 g/mol. The summed E-state index contributed by atoms with van der Waals surface area (Å²) in [4.78, 5) is 12.0.